The third-order valence-electron chi connectivity index (χ3n) is 4.53. The van der Waals surface area contributed by atoms with Gasteiger partial charge in [-0.1, -0.05) is 30.3 Å². The summed E-state index contributed by atoms with van der Waals surface area (Å²) in [5, 5.41) is 0. The van der Waals surface area contributed by atoms with Gasteiger partial charge in [-0.3, -0.25) is 4.79 Å². The zero-order chi connectivity index (χ0) is 18.4. The normalized spacial score (nSPS) is 18.4. The summed E-state index contributed by atoms with van der Waals surface area (Å²) in [4.78, 5) is 18.9. The molecular formula is C20H23FN2O2S. The highest BCUT2D eigenvalue weighted by Gasteiger charge is 2.30. The first-order valence-electron chi connectivity index (χ1n) is 8.79. The van der Waals surface area contributed by atoms with Crippen molar-refractivity contribution in [3.05, 3.63) is 60.0 Å². The van der Waals surface area contributed by atoms with E-state index in [0.29, 0.717) is 13.1 Å². The van der Waals surface area contributed by atoms with Crippen molar-refractivity contribution in [2.45, 2.75) is 24.9 Å². The number of carbonyl (C=O) groups is 1. The fourth-order valence-corrected chi connectivity index (χ4v) is 3.90. The molecule has 2 atom stereocenters. The third-order valence-corrected chi connectivity index (χ3v) is 5.19. The summed E-state index contributed by atoms with van der Waals surface area (Å²) < 4.78 is 19.5. The first-order chi connectivity index (χ1) is 12.7. The van der Waals surface area contributed by atoms with Crippen LogP contribution in [0.4, 0.5) is 4.39 Å². The number of carbonyl (C=O) groups excluding carboxylic acids is 1. The van der Waals surface area contributed by atoms with Gasteiger partial charge in [0.1, 0.15) is 6.10 Å². The minimum absolute atomic E-state index is 0.00974. The number of rotatable bonds is 6. The molecule has 0 aliphatic carbocycles. The number of ether oxygens (including phenoxy) is 1. The van der Waals surface area contributed by atoms with Gasteiger partial charge in [0.25, 0.3) is 5.88 Å². The lowest BCUT2D eigenvalue weighted by molar-refractivity contribution is -0.135. The van der Waals surface area contributed by atoms with E-state index in [-0.39, 0.29) is 23.8 Å². The number of piperidine rings is 1. The molecule has 1 aliphatic rings. The number of hydrogen-bond acceptors (Lipinski definition) is 4. The Morgan fingerprint density at radius 2 is 2.15 bits per heavy atom. The van der Waals surface area contributed by atoms with Crippen LogP contribution in [0.5, 0.6) is 5.88 Å². The maximum atomic E-state index is 13.8. The molecule has 0 bridgehead atoms. The highest BCUT2D eigenvalue weighted by molar-refractivity contribution is 7.98. The zero-order valence-electron chi connectivity index (χ0n) is 14.8. The Labute approximate surface area is 157 Å². The van der Waals surface area contributed by atoms with E-state index >= 15 is 0 Å². The second kappa shape index (κ2) is 9.03. The second-order valence-electron chi connectivity index (χ2n) is 6.38. The van der Waals surface area contributed by atoms with Crippen LogP contribution in [-0.4, -0.2) is 47.0 Å². The number of likely N-dealkylation sites (tertiary alicyclic amines) is 1. The lowest BCUT2D eigenvalue weighted by Crippen LogP contribution is -2.46. The van der Waals surface area contributed by atoms with Crippen LogP contribution in [0.25, 0.3) is 0 Å². The lowest BCUT2D eigenvalue weighted by atomic mass is 9.98. The zero-order valence-corrected chi connectivity index (χ0v) is 15.6. The number of aromatic nitrogens is 1. The number of pyridine rings is 1. The van der Waals surface area contributed by atoms with Crippen molar-refractivity contribution in [1.82, 2.24) is 9.88 Å². The van der Waals surface area contributed by atoms with Crippen molar-refractivity contribution in [3.63, 3.8) is 0 Å². The van der Waals surface area contributed by atoms with Crippen LogP contribution in [0.15, 0.2) is 48.7 Å². The molecule has 0 spiro atoms. The fraction of sp³-hybridized carbons (Fsp3) is 0.400. The molecule has 3 rings (SSSR count). The van der Waals surface area contributed by atoms with Crippen LogP contribution in [0.1, 0.15) is 24.3 Å². The van der Waals surface area contributed by atoms with Crippen LogP contribution < -0.4 is 4.74 Å². The lowest BCUT2D eigenvalue weighted by Gasteiger charge is -2.35. The van der Waals surface area contributed by atoms with Gasteiger partial charge < -0.3 is 9.64 Å². The first kappa shape index (κ1) is 18.7. The van der Waals surface area contributed by atoms with Crippen LogP contribution >= 0.6 is 11.8 Å². The van der Waals surface area contributed by atoms with E-state index in [1.165, 1.54) is 18.3 Å². The Morgan fingerprint density at radius 1 is 1.35 bits per heavy atom. The summed E-state index contributed by atoms with van der Waals surface area (Å²) >= 11 is 1.66. The number of nitrogens with zero attached hydrogens (tertiary/aromatic N) is 2. The summed E-state index contributed by atoms with van der Waals surface area (Å²) in [6.07, 6.45) is 4.91. The molecule has 1 fully saturated rings. The van der Waals surface area contributed by atoms with Crippen molar-refractivity contribution in [1.29, 1.82) is 0 Å². The summed E-state index contributed by atoms with van der Waals surface area (Å²) in [5.74, 6) is 0.215. The van der Waals surface area contributed by atoms with Crippen molar-refractivity contribution in [2.75, 3.05) is 25.1 Å². The molecule has 2 aromatic rings. The molecule has 1 aromatic carbocycles. The van der Waals surface area contributed by atoms with Gasteiger partial charge in [-0.2, -0.15) is 11.8 Å². The van der Waals surface area contributed by atoms with E-state index in [1.54, 1.807) is 11.8 Å². The fourth-order valence-electron chi connectivity index (χ4n) is 3.23. The molecule has 0 saturated carbocycles. The van der Waals surface area contributed by atoms with Gasteiger partial charge in [0, 0.05) is 18.5 Å². The van der Waals surface area contributed by atoms with Gasteiger partial charge >= 0.3 is 0 Å². The monoisotopic (exact) mass is 374 g/mol. The predicted octanol–water partition coefficient (Wildman–Crippen LogP) is 3.74. The Hall–Kier alpha value is -2.08. The summed E-state index contributed by atoms with van der Waals surface area (Å²) in [6, 6.07) is 12.7. The molecule has 1 amide bonds. The Morgan fingerprint density at radius 3 is 2.88 bits per heavy atom. The van der Waals surface area contributed by atoms with Gasteiger partial charge in [0.15, 0.2) is 5.82 Å². The molecule has 0 unspecified atom stereocenters. The van der Waals surface area contributed by atoms with E-state index < -0.39 is 5.82 Å². The molecule has 4 nitrogen and oxygen atoms in total. The number of amides is 1. The average molecular weight is 374 g/mol. The first-order valence-corrected chi connectivity index (χ1v) is 10.2. The van der Waals surface area contributed by atoms with E-state index in [1.807, 2.05) is 41.5 Å². The molecule has 1 saturated heterocycles. The van der Waals surface area contributed by atoms with Crippen LogP contribution in [0.3, 0.4) is 0 Å². The summed E-state index contributed by atoms with van der Waals surface area (Å²) in [5.41, 5.74) is 1.03. The van der Waals surface area contributed by atoms with Crippen molar-refractivity contribution < 1.29 is 13.9 Å². The maximum Gasteiger partial charge on any atom is 0.250 e. The van der Waals surface area contributed by atoms with Gasteiger partial charge in [0.2, 0.25) is 5.91 Å². The quantitative estimate of drug-likeness (QED) is 0.773. The standard InChI is InChI=1S/C20H23FN2O2S/c1-26-14-17(15-7-3-2-4-8-15)20(24)23-12-6-9-16(13-23)25-19-18(21)10-5-11-22-19/h2-5,7-8,10-11,16-17H,6,9,12-14H2,1H3/t16-,17-/m0/s1. The molecule has 1 aliphatic heterocycles. The van der Waals surface area contributed by atoms with Gasteiger partial charge in [0.05, 0.1) is 12.5 Å². The molecule has 26 heavy (non-hydrogen) atoms. The Bertz CT molecular complexity index is 729. The number of benzene rings is 1. The molecule has 6 heteroatoms. The van der Waals surface area contributed by atoms with Crippen LogP contribution in [0.2, 0.25) is 0 Å². The molecule has 1 aromatic heterocycles. The van der Waals surface area contributed by atoms with Gasteiger partial charge in [-0.05, 0) is 36.8 Å². The van der Waals surface area contributed by atoms with E-state index in [2.05, 4.69) is 4.98 Å². The smallest absolute Gasteiger partial charge is 0.250 e. The largest absolute Gasteiger partial charge is 0.470 e. The van der Waals surface area contributed by atoms with Crippen LogP contribution in [-0.2, 0) is 4.79 Å². The van der Waals surface area contributed by atoms with E-state index in [4.69, 9.17) is 4.74 Å². The Kier molecular flexibility index (Phi) is 6.50. The summed E-state index contributed by atoms with van der Waals surface area (Å²) in [6.45, 7) is 1.17. The number of hydrogen-bond donors (Lipinski definition) is 0. The summed E-state index contributed by atoms with van der Waals surface area (Å²) in [7, 11) is 0. The molecule has 2 heterocycles. The van der Waals surface area contributed by atoms with Gasteiger partial charge in [-0.25, -0.2) is 9.37 Å². The molecule has 0 radical (unpaired) electrons. The highest BCUT2D eigenvalue weighted by Crippen LogP contribution is 2.25. The molecule has 138 valence electrons. The minimum Gasteiger partial charge on any atom is -0.470 e. The van der Waals surface area contributed by atoms with Crippen molar-refractivity contribution >= 4 is 17.7 Å². The SMILES string of the molecule is CSC[C@H](C(=O)N1CCC[C@H](Oc2ncccc2F)C1)c1ccccc1. The van der Waals surface area contributed by atoms with Crippen LogP contribution in [0, 0.1) is 5.82 Å². The molecular weight excluding hydrogens is 351 g/mol. The molecule has 0 N–H and O–H groups in total. The van der Waals surface area contributed by atoms with Crippen molar-refractivity contribution in [3.8, 4) is 5.88 Å². The van der Waals surface area contributed by atoms with E-state index in [9.17, 15) is 9.18 Å². The van der Waals surface area contributed by atoms with Gasteiger partial charge in [-0.15, -0.1) is 0 Å². The number of thioether (sulfide) groups is 1. The second-order valence-corrected chi connectivity index (χ2v) is 7.29. The maximum absolute atomic E-state index is 13.8. The van der Waals surface area contributed by atoms with Crippen molar-refractivity contribution in [2.24, 2.45) is 0 Å². The number of halogens is 1. The Balaban J connectivity index is 1.69. The highest BCUT2D eigenvalue weighted by atomic mass is 32.2. The van der Waals surface area contributed by atoms with E-state index in [0.717, 1.165) is 24.2 Å². The average Bonchev–Trinajstić information content (AvgIpc) is 2.68. The topological polar surface area (TPSA) is 42.4 Å². The predicted molar refractivity (Wildman–Crippen MR) is 102 cm³/mol. The third kappa shape index (κ3) is 4.55. The minimum atomic E-state index is -0.472.